The van der Waals surface area contributed by atoms with E-state index in [1.54, 1.807) is 6.07 Å². The van der Waals surface area contributed by atoms with Crippen LogP contribution in [0.4, 0.5) is 14.7 Å². The first-order valence-corrected chi connectivity index (χ1v) is 10.7. The van der Waals surface area contributed by atoms with E-state index in [2.05, 4.69) is 25.2 Å². The van der Waals surface area contributed by atoms with Crippen LogP contribution >= 0.6 is 0 Å². The highest BCUT2D eigenvalue weighted by Gasteiger charge is 2.31. The number of nitrogens with one attached hydrogen (secondary N) is 2. The molecule has 0 amide bonds. The van der Waals surface area contributed by atoms with Crippen LogP contribution in [-0.4, -0.2) is 55.3 Å². The van der Waals surface area contributed by atoms with Crippen LogP contribution < -0.4 is 10.8 Å². The second kappa shape index (κ2) is 7.65. The molecular formula is C16H19F2N7O3S. The van der Waals surface area contributed by atoms with Crippen LogP contribution in [-0.2, 0) is 16.3 Å². The van der Waals surface area contributed by atoms with E-state index >= 15 is 0 Å². The Labute approximate surface area is 165 Å². The average molecular weight is 427 g/mol. The number of nitrogens with zero attached hydrogens (tertiary/aromatic N) is 5. The van der Waals surface area contributed by atoms with Crippen molar-refractivity contribution < 1.29 is 22.9 Å². The highest BCUT2D eigenvalue weighted by atomic mass is 32.2. The molecule has 10 nitrogen and oxygen atoms in total. The quantitative estimate of drug-likeness (QED) is 0.376. The van der Waals surface area contributed by atoms with E-state index in [0.717, 1.165) is 11.1 Å². The van der Waals surface area contributed by atoms with Crippen molar-refractivity contribution in [2.45, 2.75) is 24.9 Å². The molecule has 2 aliphatic rings. The number of benzene rings is 1. The minimum absolute atomic E-state index is 0.0153. The molecule has 1 aliphatic heterocycles. The SMILES string of the molecule is CS(=O)(=NF)N1CCC(Nc2nonc2C(=N[C@H]2Cc3ccc(F)cc32)NO)C1. The van der Waals surface area contributed by atoms with E-state index < -0.39 is 9.92 Å². The summed E-state index contributed by atoms with van der Waals surface area (Å²) in [6.45, 7) is 0.675. The lowest BCUT2D eigenvalue weighted by Gasteiger charge is -2.27. The molecule has 1 aromatic carbocycles. The van der Waals surface area contributed by atoms with Gasteiger partial charge < -0.3 is 5.32 Å². The fourth-order valence-electron chi connectivity index (χ4n) is 3.49. The van der Waals surface area contributed by atoms with Gasteiger partial charge in [0, 0.05) is 25.4 Å². The number of aliphatic imine (C=N–C) groups is 1. The molecule has 29 heavy (non-hydrogen) atoms. The first-order chi connectivity index (χ1) is 13.9. The molecule has 1 aromatic heterocycles. The zero-order chi connectivity index (χ0) is 20.6. The van der Waals surface area contributed by atoms with E-state index in [-0.39, 0.29) is 41.8 Å². The number of fused-ring (bicyclic) bond motifs is 1. The van der Waals surface area contributed by atoms with Gasteiger partial charge in [-0.15, -0.1) is 0 Å². The molecule has 156 valence electrons. The topological polar surface area (TPSA) is 128 Å². The van der Waals surface area contributed by atoms with E-state index in [1.807, 2.05) is 5.48 Å². The first-order valence-electron chi connectivity index (χ1n) is 8.84. The fraction of sp³-hybridized carbons (Fsp3) is 0.438. The minimum Gasteiger partial charge on any atom is -0.361 e. The lowest BCUT2D eigenvalue weighted by atomic mass is 9.83. The molecule has 0 radical (unpaired) electrons. The molecule has 4 rings (SSSR count). The third-order valence-corrected chi connectivity index (χ3v) is 6.63. The van der Waals surface area contributed by atoms with E-state index in [0.29, 0.717) is 19.4 Å². The molecule has 2 heterocycles. The molecule has 2 aromatic rings. The van der Waals surface area contributed by atoms with E-state index in [9.17, 15) is 18.3 Å². The Kier molecular flexibility index (Phi) is 5.19. The van der Waals surface area contributed by atoms with Gasteiger partial charge in [-0.1, -0.05) is 10.5 Å². The molecule has 0 saturated carbocycles. The summed E-state index contributed by atoms with van der Waals surface area (Å²) in [5.74, 6) is -0.122. The van der Waals surface area contributed by atoms with Crippen LogP contribution in [0.5, 0.6) is 0 Å². The summed E-state index contributed by atoms with van der Waals surface area (Å²) in [5.41, 5.74) is 3.86. The Morgan fingerprint density at radius 3 is 3.03 bits per heavy atom. The molecule has 1 saturated heterocycles. The van der Waals surface area contributed by atoms with Gasteiger partial charge in [-0.25, -0.2) is 17.5 Å². The Bertz CT molecular complexity index is 1070. The van der Waals surface area contributed by atoms with Gasteiger partial charge in [-0.2, -0.15) is 0 Å². The van der Waals surface area contributed by atoms with Gasteiger partial charge in [0.15, 0.2) is 11.5 Å². The molecule has 3 N–H and O–H groups in total. The third-order valence-electron chi connectivity index (χ3n) is 5.08. The Balaban J connectivity index is 1.51. The predicted molar refractivity (Wildman–Crippen MR) is 99.8 cm³/mol. The minimum atomic E-state index is -3.05. The van der Waals surface area contributed by atoms with Crippen molar-refractivity contribution >= 4 is 21.6 Å². The lowest BCUT2D eigenvalue weighted by Crippen LogP contribution is -2.31. The standard InChI is InChI=1S/C16H19F2N7O3S/c1-29(27,24-18)25-5-4-11(8-25)19-16-14(22-28-23-16)15(21-26)20-13-6-9-2-3-10(17)7-12(9)13/h2-3,7,11,13,26H,4-6,8H2,1H3,(H,19,23)(H,20,21)/t11?,13-,29?/m0/s1. The summed E-state index contributed by atoms with van der Waals surface area (Å²) >= 11 is 0. The number of hydroxylamine groups is 1. The van der Waals surface area contributed by atoms with Crippen LogP contribution in [0.15, 0.2) is 32.4 Å². The first kappa shape index (κ1) is 19.7. The van der Waals surface area contributed by atoms with Gasteiger partial charge in [-0.05, 0) is 51.0 Å². The molecule has 1 aliphatic carbocycles. The molecule has 1 fully saturated rings. The van der Waals surface area contributed by atoms with Crippen molar-refractivity contribution in [2.75, 3.05) is 24.7 Å². The maximum Gasteiger partial charge on any atom is 0.202 e. The Morgan fingerprint density at radius 2 is 2.28 bits per heavy atom. The third kappa shape index (κ3) is 3.80. The summed E-state index contributed by atoms with van der Waals surface area (Å²) < 4.78 is 46.8. The highest BCUT2D eigenvalue weighted by Crippen LogP contribution is 2.37. The predicted octanol–water partition coefficient (Wildman–Crippen LogP) is 1.61. The van der Waals surface area contributed by atoms with Crippen LogP contribution in [0, 0.1) is 5.82 Å². The zero-order valence-corrected chi connectivity index (χ0v) is 16.2. The average Bonchev–Trinajstić information content (AvgIpc) is 3.35. The Morgan fingerprint density at radius 1 is 1.45 bits per heavy atom. The van der Waals surface area contributed by atoms with Gasteiger partial charge in [0.25, 0.3) is 0 Å². The summed E-state index contributed by atoms with van der Waals surface area (Å²) in [6.07, 6.45) is 2.41. The number of halogens is 2. The van der Waals surface area contributed by atoms with Gasteiger partial charge in [-0.3, -0.25) is 15.7 Å². The molecule has 0 spiro atoms. The molecule has 0 bridgehead atoms. The highest BCUT2D eigenvalue weighted by molar-refractivity contribution is 7.90. The fourth-order valence-corrected chi connectivity index (χ4v) is 4.48. The van der Waals surface area contributed by atoms with Crippen LogP contribution in [0.25, 0.3) is 0 Å². The molecule has 2 unspecified atom stereocenters. The largest absolute Gasteiger partial charge is 0.361 e. The second-order valence-corrected chi connectivity index (χ2v) is 9.14. The number of anilines is 1. The monoisotopic (exact) mass is 427 g/mol. The molecule has 3 atom stereocenters. The smallest absolute Gasteiger partial charge is 0.202 e. The van der Waals surface area contributed by atoms with Gasteiger partial charge in [0.1, 0.15) is 15.7 Å². The number of rotatable bonds is 5. The number of aromatic nitrogens is 2. The summed E-state index contributed by atoms with van der Waals surface area (Å²) in [4.78, 5) is 4.39. The van der Waals surface area contributed by atoms with Crippen molar-refractivity contribution in [3.8, 4) is 0 Å². The van der Waals surface area contributed by atoms with Crippen molar-refractivity contribution in [1.29, 1.82) is 0 Å². The number of amidine groups is 1. The zero-order valence-electron chi connectivity index (χ0n) is 15.4. The normalized spacial score (nSPS) is 23.8. The van der Waals surface area contributed by atoms with Gasteiger partial charge in [0.05, 0.1) is 6.04 Å². The number of hydrogen-bond donors (Lipinski definition) is 3. The van der Waals surface area contributed by atoms with Crippen molar-refractivity contribution in [3.05, 3.63) is 40.8 Å². The maximum atomic E-state index is 13.5. The van der Waals surface area contributed by atoms with Crippen molar-refractivity contribution in [1.82, 2.24) is 20.1 Å². The molecule has 13 heteroatoms. The number of hydrogen-bond acceptors (Lipinski definition) is 8. The maximum absolute atomic E-state index is 13.5. The second-order valence-electron chi connectivity index (χ2n) is 6.96. The summed E-state index contributed by atoms with van der Waals surface area (Å²) in [6, 6.07) is 3.96. The van der Waals surface area contributed by atoms with Gasteiger partial charge >= 0.3 is 0 Å². The summed E-state index contributed by atoms with van der Waals surface area (Å²) in [7, 11) is -3.05. The van der Waals surface area contributed by atoms with Crippen LogP contribution in [0.2, 0.25) is 0 Å². The van der Waals surface area contributed by atoms with Crippen molar-refractivity contribution in [2.24, 2.45) is 9.58 Å². The lowest BCUT2D eigenvalue weighted by molar-refractivity contribution is 0.232. The van der Waals surface area contributed by atoms with E-state index in [4.69, 9.17) is 4.63 Å². The van der Waals surface area contributed by atoms with Crippen molar-refractivity contribution in [3.63, 3.8) is 0 Å². The van der Waals surface area contributed by atoms with E-state index in [1.165, 1.54) is 22.7 Å². The molecular weight excluding hydrogens is 408 g/mol. The van der Waals surface area contributed by atoms with Crippen LogP contribution in [0.3, 0.4) is 0 Å². The van der Waals surface area contributed by atoms with Crippen LogP contribution in [0.1, 0.15) is 29.3 Å². The summed E-state index contributed by atoms with van der Waals surface area (Å²) in [5, 5.41) is 20.2. The van der Waals surface area contributed by atoms with Gasteiger partial charge in [0.2, 0.25) is 5.82 Å². The Hall–Kier alpha value is -2.64.